The Labute approximate surface area is 294 Å². The van der Waals surface area contributed by atoms with Gasteiger partial charge in [-0.15, -0.1) is 0 Å². The molecule has 8 aromatic carbocycles. The van der Waals surface area contributed by atoms with Gasteiger partial charge in [0.15, 0.2) is 0 Å². The lowest BCUT2D eigenvalue weighted by atomic mass is 10.0. The van der Waals surface area contributed by atoms with Crippen LogP contribution >= 0.6 is 0 Å². The fraction of sp³-hybridized carbons (Fsp3) is 0. The number of hydrogen-bond donors (Lipinski definition) is 0. The number of hydrogen-bond acceptors (Lipinski definition) is 0. The van der Waals surface area contributed by atoms with Crippen LogP contribution in [0.3, 0.4) is 0 Å². The van der Waals surface area contributed by atoms with Crippen molar-refractivity contribution in [1.82, 2.24) is 13.7 Å². The van der Waals surface area contributed by atoms with Crippen molar-refractivity contribution < 1.29 is 0 Å². The van der Waals surface area contributed by atoms with E-state index in [-0.39, 0.29) is 0 Å². The van der Waals surface area contributed by atoms with Crippen LogP contribution in [0.4, 0.5) is 0 Å². The largest absolute Gasteiger partial charge is 0.309 e. The Hall–Kier alpha value is -6.84. The molecular formula is C48H31N3. The number of nitrogens with zero attached hydrogens (tertiary/aromatic N) is 3. The van der Waals surface area contributed by atoms with E-state index in [0.717, 1.165) is 11.4 Å². The summed E-state index contributed by atoms with van der Waals surface area (Å²) in [5.41, 5.74) is 13.1. The maximum atomic E-state index is 2.45. The van der Waals surface area contributed by atoms with Crippen LogP contribution in [0, 0.1) is 0 Å². The highest BCUT2D eigenvalue weighted by Crippen LogP contribution is 2.43. The summed E-state index contributed by atoms with van der Waals surface area (Å²) >= 11 is 0. The topological polar surface area (TPSA) is 14.8 Å². The molecule has 0 aliphatic carbocycles. The molecule has 0 N–H and O–H groups in total. The highest BCUT2D eigenvalue weighted by molar-refractivity contribution is 6.26. The Morgan fingerprint density at radius 2 is 0.667 bits per heavy atom. The number of aromatic nitrogens is 3. The molecule has 0 saturated heterocycles. The second kappa shape index (κ2) is 10.8. The molecule has 3 aromatic heterocycles. The summed E-state index contributed by atoms with van der Waals surface area (Å²) in [6.45, 7) is 0. The molecule has 11 rings (SSSR count). The minimum absolute atomic E-state index is 1.15. The van der Waals surface area contributed by atoms with Gasteiger partial charge in [-0.25, -0.2) is 0 Å². The number of para-hydroxylation sites is 5. The molecule has 0 amide bonds. The van der Waals surface area contributed by atoms with Gasteiger partial charge in [0.05, 0.1) is 33.1 Å². The van der Waals surface area contributed by atoms with Gasteiger partial charge in [0.2, 0.25) is 0 Å². The zero-order valence-electron chi connectivity index (χ0n) is 27.7. The van der Waals surface area contributed by atoms with Crippen molar-refractivity contribution in [3.8, 4) is 28.2 Å². The van der Waals surface area contributed by atoms with Crippen molar-refractivity contribution in [3.05, 3.63) is 188 Å². The van der Waals surface area contributed by atoms with E-state index < -0.39 is 0 Å². The smallest absolute Gasteiger partial charge is 0.0641 e. The summed E-state index contributed by atoms with van der Waals surface area (Å²) in [4.78, 5) is 0. The fourth-order valence-electron chi connectivity index (χ4n) is 8.44. The van der Waals surface area contributed by atoms with E-state index in [4.69, 9.17) is 0 Å². The van der Waals surface area contributed by atoms with Gasteiger partial charge in [0, 0.05) is 49.4 Å². The number of rotatable bonds is 4. The van der Waals surface area contributed by atoms with Crippen molar-refractivity contribution >= 4 is 65.4 Å². The monoisotopic (exact) mass is 649 g/mol. The molecule has 0 atom stereocenters. The van der Waals surface area contributed by atoms with E-state index in [0.29, 0.717) is 0 Å². The third kappa shape index (κ3) is 4.06. The number of benzene rings is 8. The fourth-order valence-corrected chi connectivity index (χ4v) is 8.44. The molecule has 3 heterocycles. The molecule has 0 saturated carbocycles. The van der Waals surface area contributed by atoms with Gasteiger partial charge in [0.25, 0.3) is 0 Å². The molecule has 3 heteroatoms. The molecule has 0 unspecified atom stereocenters. The molecule has 0 radical (unpaired) electrons. The Bertz CT molecular complexity index is 3110. The van der Waals surface area contributed by atoms with E-state index in [2.05, 4.69) is 202 Å². The van der Waals surface area contributed by atoms with Gasteiger partial charge in [-0.05, 0) is 77.9 Å². The van der Waals surface area contributed by atoms with Crippen molar-refractivity contribution in [2.24, 2.45) is 0 Å². The van der Waals surface area contributed by atoms with Crippen LogP contribution in [0.5, 0.6) is 0 Å². The van der Waals surface area contributed by atoms with Crippen molar-refractivity contribution in [2.75, 3.05) is 0 Å². The van der Waals surface area contributed by atoms with Gasteiger partial charge >= 0.3 is 0 Å². The van der Waals surface area contributed by atoms with Crippen molar-refractivity contribution in [3.63, 3.8) is 0 Å². The molecule has 51 heavy (non-hydrogen) atoms. The Kier molecular flexibility index (Phi) is 5.96. The second-order valence-electron chi connectivity index (χ2n) is 13.4. The second-order valence-corrected chi connectivity index (χ2v) is 13.4. The Morgan fingerprint density at radius 1 is 0.255 bits per heavy atom. The maximum absolute atomic E-state index is 2.45. The summed E-state index contributed by atoms with van der Waals surface area (Å²) in [5.74, 6) is 0. The van der Waals surface area contributed by atoms with Crippen LogP contribution in [-0.2, 0) is 0 Å². The van der Waals surface area contributed by atoms with E-state index in [1.807, 2.05) is 0 Å². The lowest BCUT2D eigenvalue weighted by Crippen LogP contribution is -1.95. The lowest BCUT2D eigenvalue weighted by molar-refractivity contribution is 1.17. The van der Waals surface area contributed by atoms with Gasteiger partial charge in [0.1, 0.15) is 0 Å². The van der Waals surface area contributed by atoms with Gasteiger partial charge in [-0.2, -0.15) is 0 Å². The maximum Gasteiger partial charge on any atom is 0.0641 e. The first-order valence-electron chi connectivity index (χ1n) is 17.5. The van der Waals surface area contributed by atoms with Crippen LogP contribution in [0.2, 0.25) is 0 Å². The molecule has 0 fully saturated rings. The van der Waals surface area contributed by atoms with Crippen LogP contribution in [0.15, 0.2) is 188 Å². The van der Waals surface area contributed by atoms with E-state index >= 15 is 0 Å². The standard InChI is InChI=1S/C48H31N3/c1-4-14-34(15-5-1)49-42-22-12-10-20-37(42)39-26-24-32(30-45(39)49)33-25-27-41-46(31-33)50(35-16-6-2-7-17-35)44-29-28-40-38-21-11-13-23-43(38)51(48(40)47(41)44)36-18-8-3-9-19-36/h1-31H. The Balaban J connectivity index is 1.23. The first kappa shape index (κ1) is 28.0. The molecular weight excluding hydrogens is 619 g/mol. The molecule has 11 aromatic rings. The van der Waals surface area contributed by atoms with Crippen LogP contribution in [-0.4, -0.2) is 13.7 Å². The summed E-state index contributed by atoms with van der Waals surface area (Å²) in [6.07, 6.45) is 0. The average Bonchev–Trinajstić information content (AvgIpc) is 3.84. The van der Waals surface area contributed by atoms with Crippen LogP contribution < -0.4 is 0 Å². The molecule has 0 spiro atoms. The van der Waals surface area contributed by atoms with E-state index in [9.17, 15) is 0 Å². The Morgan fingerprint density at radius 3 is 1.27 bits per heavy atom. The third-order valence-corrected chi connectivity index (χ3v) is 10.6. The van der Waals surface area contributed by atoms with E-state index in [1.54, 1.807) is 0 Å². The minimum Gasteiger partial charge on any atom is -0.309 e. The van der Waals surface area contributed by atoms with Crippen LogP contribution in [0.25, 0.3) is 93.6 Å². The normalized spacial score (nSPS) is 11.9. The quantitative estimate of drug-likeness (QED) is 0.180. The molecule has 0 aliphatic rings. The summed E-state index contributed by atoms with van der Waals surface area (Å²) < 4.78 is 7.29. The first-order chi connectivity index (χ1) is 25.3. The molecule has 0 aliphatic heterocycles. The van der Waals surface area contributed by atoms with Gasteiger partial charge < -0.3 is 13.7 Å². The SMILES string of the molecule is c1ccc(-n2c3ccccc3c3ccc(-c4ccc5c6c(ccc7c8ccccc8n(-c8ccccc8)c76)n(-c6ccccc6)c5c4)cc32)cc1. The van der Waals surface area contributed by atoms with Gasteiger partial charge in [-0.3, -0.25) is 0 Å². The van der Waals surface area contributed by atoms with Crippen molar-refractivity contribution in [1.29, 1.82) is 0 Å². The molecule has 238 valence electrons. The zero-order chi connectivity index (χ0) is 33.5. The lowest BCUT2D eigenvalue weighted by Gasteiger charge is -2.10. The van der Waals surface area contributed by atoms with Crippen molar-refractivity contribution in [2.45, 2.75) is 0 Å². The third-order valence-electron chi connectivity index (χ3n) is 10.6. The molecule has 0 bridgehead atoms. The first-order valence-corrected chi connectivity index (χ1v) is 17.5. The number of fused-ring (bicyclic) bond motifs is 10. The van der Waals surface area contributed by atoms with Gasteiger partial charge in [-0.1, -0.05) is 121 Å². The average molecular weight is 650 g/mol. The van der Waals surface area contributed by atoms with Crippen LogP contribution in [0.1, 0.15) is 0 Å². The predicted molar refractivity (Wildman–Crippen MR) is 215 cm³/mol. The zero-order valence-corrected chi connectivity index (χ0v) is 27.7. The predicted octanol–water partition coefficient (Wildman–Crippen LogP) is 12.6. The van der Waals surface area contributed by atoms with E-state index in [1.165, 1.54) is 82.2 Å². The molecule has 3 nitrogen and oxygen atoms in total. The highest BCUT2D eigenvalue weighted by Gasteiger charge is 2.21. The summed E-state index contributed by atoms with van der Waals surface area (Å²) in [5, 5.41) is 7.55. The summed E-state index contributed by atoms with van der Waals surface area (Å²) in [7, 11) is 0. The highest BCUT2D eigenvalue weighted by atomic mass is 15.0. The minimum atomic E-state index is 1.15. The summed E-state index contributed by atoms with van der Waals surface area (Å²) in [6, 6.07) is 68.4.